The molecule has 0 aliphatic carbocycles. The smallest absolute Gasteiger partial charge is 0.341 e. The highest BCUT2D eigenvalue weighted by molar-refractivity contribution is 5.92. The summed E-state index contributed by atoms with van der Waals surface area (Å²) in [6.45, 7) is 12.6. The number of hydrogen-bond donors (Lipinski definition) is 0. The highest BCUT2D eigenvalue weighted by Gasteiger charge is 2.17. The predicted molar refractivity (Wildman–Crippen MR) is 89.0 cm³/mol. The zero-order valence-electron chi connectivity index (χ0n) is 12.0. The van der Waals surface area contributed by atoms with Gasteiger partial charge in [0.15, 0.2) is 0 Å². The average molecular weight is 281 g/mol. The first kappa shape index (κ1) is 14.9. The first-order chi connectivity index (χ1) is 10.2. The summed E-state index contributed by atoms with van der Waals surface area (Å²) < 4.78 is 5.41. The molecule has 108 valence electrons. The molecule has 0 aliphatic rings. The van der Waals surface area contributed by atoms with Crippen molar-refractivity contribution in [2.45, 2.75) is 6.42 Å². The van der Waals surface area contributed by atoms with Gasteiger partial charge in [-0.25, -0.2) is 4.79 Å². The minimum absolute atomic E-state index is 0.318. The van der Waals surface area contributed by atoms with Gasteiger partial charge in [0.2, 0.25) is 0 Å². The Morgan fingerprint density at radius 2 is 1.71 bits per heavy atom. The number of allylic oxidation sites excluding steroid dienone is 1. The fourth-order valence-electron chi connectivity index (χ4n) is 2.43. The average Bonchev–Trinajstić information content (AvgIpc) is 2.48. The molecule has 3 heteroatoms. The summed E-state index contributed by atoms with van der Waals surface area (Å²) in [6, 6.07) is 7.55. The van der Waals surface area contributed by atoms with E-state index in [9.17, 15) is 4.79 Å². The standard InChI is InChI=1S/C18H19NO2/c1-4-9-15-17(19(12-5-2)13-6-3)14-10-7-8-11-16(14)21-18(15)20/h4-8,10-11H,1-3,9,12-13H2. The van der Waals surface area contributed by atoms with Crippen LogP contribution in [0.5, 0.6) is 0 Å². The summed E-state index contributed by atoms with van der Waals surface area (Å²) in [5.41, 5.74) is 1.76. The monoisotopic (exact) mass is 281 g/mol. The molecule has 2 aromatic rings. The largest absolute Gasteiger partial charge is 0.422 e. The van der Waals surface area contributed by atoms with Crippen LogP contribution in [0, 0.1) is 0 Å². The van der Waals surface area contributed by atoms with Crippen molar-refractivity contribution in [2.24, 2.45) is 0 Å². The Morgan fingerprint density at radius 1 is 1.05 bits per heavy atom. The van der Waals surface area contributed by atoms with Gasteiger partial charge in [0.05, 0.1) is 11.3 Å². The fourth-order valence-corrected chi connectivity index (χ4v) is 2.43. The lowest BCUT2D eigenvalue weighted by Crippen LogP contribution is -2.27. The molecule has 21 heavy (non-hydrogen) atoms. The van der Waals surface area contributed by atoms with E-state index in [1.54, 1.807) is 12.1 Å². The van der Waals surface area contributed by atoms with Crippen LogP contribution >= 0.6 is 0 Å². The van der Waals surface area contributed by atoms with Crippen molar-refractivity contribution in [1.29, 1.82) is 0 Å². The molecule has 0 unspecified atom stereocenters. The summed E-state index contributed by atoms with van der Waals surface area (Å²) in [4.78, 5) is 14.3. The van der Waals surface area contributed by atoms with E-state index < -0.39 is 0 Å². The lowest BCUT2D eigenvalue weighted by Gasteiger charge is -2.25. The Labute approximate surface area is 124 Å². The molecule has 0 N–H and O–H groups in total. The SMILES string of the molecule is C=CCc1c(N(CC=C)CC=C)c2ccccc2oc1=O. The first-order valence-corrected chi connectivity index (χ1v) is 6.85. The third-order valence-corrected chi connectivity index (χ3v) is 3.24. The molecule has 1 aromatic carbocycles. The second-order valence-electron chi connectivity index (χ2n) is 4.69. The first-order valence-electron chi connectivity index (χ1n) is 6.85. The maximum atomic E-state index is 12.3. The third kappa shape index (κ3) is 2.97. The molecule has 0 aliphatic heterocycles. The Balaban J connectivity index is 2.79. The molecule has 0 atom stereocenters. The maximum Gasteiger partial charge on any atom is 0.341 e. The van der Waals surface area contributed by atoms with E-state index in [4.69, 9.17) is 4.42 Å². The lowest BCUT2D eigenvalue weighted by atomic mass is 10.1. The van der Waals surface area contributed by atoms with Crippen molar-refractivity contribution < 1.29 is 4.42 Å². The fraction of sp³-hybridized carbons (Fsp3) is 0.167. The Morgan fingerprint density at radius 3 is 2.33 bits per heavy atom. The van der Waals surface area contributed by atoms with Gasteiger partial charge in [-0.3, -0.25) is 0 Å². The highest BCUT2D eigenvalue weighted by Crippen LogP contribution is 2.29. The van der Waals surface area contributed by atoms with Gasteiger partial charge in [0.25, 0.3) is 0 Å². The molecule has 0 amide bonds. The normalized spacial score (nSPS) is 10.3. The van der Waals surface area contributed by atoms with Gasteiger partial charge in [-0.05, 0) is 18.6 Å². The minimum atomic E-state index is -0.318. The van der Waals surface area contributed by atoms with Gasteiger partial charge in [-0.15, -0.1) is 19.7 Å². The molecule has 0 fully saturated rings. The van der Waals surface area contributed by atoms with Crippen LogP contribution in [0.4, 0.5) is 5.69 Å². The van der Waals surface area contributed by atoms with E-state index in [0.29, 0.717) is 30.7 Å². The molecule has 1 aromatic heterocycles. The molecule has 2 rings (SSSR count). The molecular formula is C18H19NO2. The van der Waals surface area contributed by atoms with Crippen LogP contribution < -0.4 is 10.5 Å². The third-order valence-electron chi connectivity index (χ3n) is 3.24. The zero-order valence-corrected chi connectivity index (χ0v) is 12.0. The second kappa shape index (κ2) is 6.75. The van der Waals surface area contributed by atoms with Gasteiger partial charge in [-0.2, -0.15) is 0 Å². The summed E-state index contributed by atoms with van der Waals surface area (Å²) >= 11 is 0. The number of fused-ring (bicyclic) bond motifs is 1. The van der Waals surface area contributed by atoms with Crippen LogP contribution in [-0.4, -0.2) is 13.1 Å². The van der Waals surface area contributed by atoms with Crippen LogP contribution in [-0.2, 0) is 6.42 Å². The highest BCUT2D eigenvalue weighted by atomic mass is 16.4. The molecule has 0 saturated carbocycles. The van der Waals surface area contributed by atoms with Crippen molar-refractivity contribution in [2.75, 3.05) is 18.0 Å². The van der Waals surface area contributed by atoms with Gasteiger partial charge in [-0.1, -0.05) is 30.4 Å². The van der Waals surface area contributed by atoms with Crippen molar-refractivity contribution in [3.63, 3.8) is 0 Å². The summed E-state index contributed by atoms with van der Waals surface area (Å²) in [7, 11) is 0. The number of rotatable bonds is 7. The van der Waals surface area contributed by atoms with Crippen LogP contribution in [0.15, 0.2) is 71.4 Å². The van der Waals surface area contributed by atoms with Crippen LogP contribution in [0.3, 0.4) is 0 Å². The van der Waals surface area contributed by atoms with Crippen molar-refractivity contribution in [3.05, 3.63) is 78.2 Å². The topological polar surface area (TPSA) is 33.5 Å². The van der Waals surface area contributed by atoms with Crippen molar-refractivity contribution in [1.82, 2.24) is 0 Å². The molecule has 3 nitrogen and oxygen atoms in total. The van der Waals surface area contributed by atoms with E-state index in [-0.39, 0.29) is 5.63 Å². The van der Waals surface area contributed by atoms with E-state index in [1.807, 2.05) is 30.4 Å². The number of benzene rings is 1. The van der Waals surface area contributed by atoms with E-state index in [1.165, 1.54) is 0 Å². The molecule has 0 saturated heterocycles. The number of para-hydroxylation sites is 1. The van der Waals surface area contributed by atoms with Gasteiger partial charge >= 0.3 is 5.63 Å². The molecular weight excluding hydrogens is 262 g/mol. The Kier molecular flexibility index (Phi) is 4.77. The number of nitrogens with zero attached hydrogens (tertiary/aromatic N) is 1. The lowest BCUT2D eigenvalue weighted by molar-refractivity contribution is 0.552. The molecule has 0 radical (unpaired) electrons. The summed E-state index contributed by atoms with van der Waals surface area (Å²) in [5.74, 6) is 0. The quantitative estimate of drug-likeness (QED) is 0.573. The number of hydrogen-bond acceptors (Lipinski definition) is 3. The van der Waals surface area contributed by atoms with Gasteiger partial charge < -0.3 is 9.32 Å². The maximum absolute atomic E-state index is 12.3. The van der Waals surface area contributed by atoms with E-state index in [0.717, 1.165) is 11.1 Å². The summed E-state index contributed by atoms with van der Waals surface area (Å²) in [5, 5.41) is 0.914. The zero-order chi connectivity index (χ0) is 15.2. The van der Waals surface area contributed by atoms with E-state index >= 15 is 0 Å². The molecule has 0 bridgehead atoms. The van der Waals surface area contributed by atoms with Crippen molar-refractivity contribution >= 4 is 16.7 Å². The molecule has 0 spiro atoms. The van der Waals surface area contributed by atoms with Crippen LogP contribution in [0.25, 0.3) is 11.0 Å². The summed E-state index contributed by atoms with van der Waals surface area (Å²) in [6.07, 6.45) is 5.80. The van der Waals surface area contributed by atoms with Crippen molar-refractivity contribution in [3.8, 4) is 0 Å². The minimum Gasteiger partial charge on any atom is -0.422 e. The van der Waals surface area contributed by atoms with Crippen LogP contribution in [0.2, 0.25) is 0 Å². The van der Waals surface area contributed by atoms with E-state index in [2.05, 4.69) is 24.6 Å². The predicted octanol–water partition coefficient (Wildman–Crippen LogP) is 3.70. The van der Waals surface area contributed by atoms with Gasteiger partial charge in [0, 0.05) is 18.5 Å². The van der Waals surface area contributed by atoms with Gasteiger partial charge in [0.1, 0.15) is 5.58 Å². The Hall–Kier alpha value is -2.55. The molecule has 1 heterocycles. The number of anilines is 1. The Bertz CT molecular complexity index is 718. The van der Waals surface area contributed by atoms with Crippen LogP contribution in [0.1, 0.15) is 5.56 Å². The second-order valence-corrected chi connectivity index (χ2v) is 4.69.